The van der Waals surface area contributed by atoms with Crippen LogP contribution in [0.4, 0.5) is 5.69 Å². The van der Waals surface area contributed by atoms with Crippen molar-refractivity contribution in [2.75, 3.05) is 0 Å². The van der Waals surface area contributed by atoms with Gasteiger partial charge in [-0.3, -0.25) is 4.57 Å². The molecule has 1 N–H and O–H groups in total. The number of hydrogen-bond acceptors (Lipinski definition) is 3. The molecular weight excluding hydrogens is 601 g/mol. The molecule has 5 heteroatoms. The van der Waals surface area contributed by atoms with Crippen LogP contribution in [0.1, 0.15) is 17.2 Å². The molecule has 0 fully saturated rings. The van der Waals surface area contributed by atoms with Crippen molar-refractivity contribution < 1.29 is 4.42 Å². The summed E-state index contributed by atoms with van der Waals surface area (Å²) in [6, 6.07) is 52.0. The second kappa shape index (κ2) is 9.06. The molecule has 0 saturated heterocycles. The van der Waals surface area contributed by atoms with Crippen molar-refractivity contribution >= 4 is 93.5 Å². The third-order valence-corrected chi connectivity index (χ3v) is 10.7. The lowest BCUT2D eigenvalue weighted by atomic mass is 9.96. The second-order valence-electron chi connectivity index (χ2n) is 13.2. The van der Waals surface area contributed by atoms with Gasteiger partial charge in [0, 0.05) is 43.9 Å². The molecule has 49 heavy (non-hydrogen) atoms. The van der Waals surface area contributed by atoms with Crippen LogP contribution in [0.2, 0.25) is 0 Å². The molecule has 5 heterocycles. The Balaban J connectivity index is 1.34. The molecule has 12 rings (SSSR count). The molecule has 4 aromatic heterocycles. The highest BCUT2D eigenvalue weighted by molar-refractivity contribution is 6.37. The normalized spacial score (nSPS) is 15.0. The van der Waals surface area contributed by atoms with E-state index in [0.29, 0.717) is 0 Å². The third kappa shape index (κ3) is 3.17. The summed E-state index contributed by atoms with van der Waals surface area (Å²) in [4.78, 5) is 5.34. The van der Waals surface area contributed by atoms with Crippen LogP contribution in [0.5, 0.6) is 0 Å². The summed E-state index contributed by atoms with van der Waals surface area (Å²) in [5.41, 5.74) is 10.8. The molecule has 0 saturated carbocycles. The Morgan fingerprint density at radius 3 is 2.12 bits per heavy atom. The fourth-order valence-electron chi connectivity index (χ4n) is 8.75. The summed E-state index contributed by atoms with van der Waals surface area (Å²) >= 11 is 0. The lowest BCUT2D eigenvalue weighted by molar-refractivity contribution is 0.669. The van der Waals surface area contributed by atoms with Gasteiger partial charge in [-0.25, -0.2) is 4.99 Å². The topological polar surface area (TPSA) is 46.9 Å². The Hall–Kier alpha value is -6.59. The van der Waals surface area contributed by atoms with E-state index in [9.17, 15) is 0 Å². The first kappa shape index (κ1) is 25.5. The number of nitrogens with one attached hydrogen (secondary N) is 1. The van der Waals surface area contributed by atoms with Gasteiger partial charge in [0.05, 0.1) is 44.7 Å². The number of rotatable bonds is 1. The lowest BCUT2D eigenvalue weighted by Gasteiger charge is -2.28. The van der Waals surface area contributed by atoms with Crippen molar-refractivity contribution in [2.24, 2.45) is 4.99 Å². The van der Waals surface area contributed by atoms with E-state index in [2.05, 4.69) is 160 Å². The standard InChI is InChI=1S/C44H26N4O/c1-2-12-25(13-3-1)41-30-15-4-7-20-32(30)45-44(46-41)47-34-22-11-17-27-29-19-10-18-28-26-14-5-8-21-33(26)48(42(28)29)43-39-31-16-6-9-23-36(31)49-37(39)24-35(47)40(43)38(27)34/h1-24,41H,(H,45,46). The van der Waals surface area contributed by atoms with Gasteiger partial charge in [0.15, 0.2) is 0 Å². The SMILES string of the molecule is c1ccc(C2NC(n3c4cccc5c6cccc7c8ccccc8n(c67)c6c7c(cc3c6c54)oc3ccccc37)=Nc3ccccc32)cc1. The van der Waals surface area contributed by atoms with E-state index in [4.69, 9.17) is 9.41 Å². The Morgan fingerprint density at radius 1 is 0.510 bits per heavy atom. The Labute approximate surface area is 279 Å². The van der Waals surface area contributed by atoms with Gasteiger partial charge in [0.2, 0.25) is 5.96 Å². The first-order chi connectivity index (χ1) is 24.3. The van der Waals surface area contributed by atoms with Crippen LogP contribution in [-0.4, -0.2) is 14.9 Å². The van der Waals surface area contributed by atoms with Crippen LogP contribution in [0.25, 0.3) is 81.8 Å². The van der Waals surface area contributed by atoms with Crippen LogP contribution in [0.15, 0.2) is 155 Å². The zero-order chi connectivity index (χ0) is 31.8. The fraction of sp³-hybridized carbons (Fsp3) is 0.0227. The molecule has 7 aromatic carbocycles. The first-order valence-corrected chi connectivity index (χ1v) is 16.8. The van der Waals surface area contributed by atoms with Crippen LogP contribution < -0.4 is 5.32 Å². The van der Waals surface area contributed by atoms with Crippen molar-refractivity contribution in [1.29, 1.82) is 0 Å². The molecule has 5 nitrogen and oxygen atoms in total. The van der Waals surface area contributed by atoms with Gasteiger partial charge in [-0.05, 0) is 35.2 Å². The Bertz CT molecular complexity index is 3200. The number of fused-ring (bicyclic) bond motifs is 10. The van der Waals surface area contributed by atoms with Crippen LogP contribution in [0, 0.1) is 0 Å². The lowest BCUT2D eigenvalue weighted by Crippen LogP contribution is -2.36. The number of benzene rings is 7. The maximum Gasteiger partial charge on any atom is 0.209 e. The molecule has 228 valence electrons. The van der Waals surface area contributed by atoms with E-state index in [-0.39, 0.29) is 6.04 Å². The Kier molecular flexibility index (Phi) is 4.71. The summed E-state index contributed by atoms with van der Waals surface area (Å²) in [5.74, 6) is 0.794. The quantitative estimate of drug-likeness (QED) is 0.197. The minimum Gasteiger partial charge on any atom is -0.456 e. The van der Waals surface area contributed by atoms with Gasteiger partial charge >= 0.3 is 0 Å². The maximum absolute atomic E-state index is 6.74. The smallest absolute Gasteiger partial charge is 0.209 e. The predicted molar refractivity (Wildman–Crippen MR) is 202 cm³/mol. The van der Waals surface area contributed by atoms with E-state index in [1.165, 1.54) is 48.9 Å². The molecule has 0 spiro atoms. The minimum absolute atomic E-state index is 0.0587. The number of aromatic nitrogens is 2. The molecule has 0 radical (unpaired) electrons. The summed E-state index contributed by atoms with van der Waals surface area (Å²) in [5, 5.41) is 13.5. The van der Waals surface area contributed by atoms with E-state index < -0.39 is 0 Å². The molecule has 1 unspecified atom stereocenters. The molecule has 11 aromatic rings. The van der Waals surface area contributed by atoms with E-state index >= 15 is 0 Å². The highest BCUT2D eigenvalue weighted by Gasteiger charge is 2.30. The molecule has 0 amide bonds. The van der Waals surface area contributed by atoms with Crippen molar-refractivity contribution in [2.45, 2.75) is 6.04 Å². The zero-order valence-electron chi connectivity index (χ0n) is 26.2. The second-order valence-corrected chi connectivity index (χ2v) is 13.2. The summed E-state index contributed by atoms with van der Waals surface area (Å²) in [6.07, 6.45) is 0. The van der Waals surface area contributed by atoms with E-state index in [1.54, 1.807) is 0 Å². The van der Waals surface area contributed by atoms with E-state index in [1.807, 2.05) is 0 Å². The minimum atomic E-state index is -0.0587. The highest BCUT2D eigenvalue weighted by atomic mass is 16.3. The summed E-state index contributed by atoms with van der Waals surface area (Å²) in [7, 11) is 0. The van der Waals surface area contributed by atoms with Gasteiger partial charge in [-0.1, -0.05) is 115 Å². The highest BCUT2D eigenvalue weighted by Crippen LogP contribution is 2.47. The van der Waals surface area contributed by atoms with Gasteiger partial charge in [0.1, 0.15) is 11.2 Å². The Morgan fingerprint density at radius 2 is 1.20 bits per heavy atom. The van der Waals surface area contributed by atoms with Crippen molar-refractivity contribution in [3.05, 3.63) is 157 Å². The van der Waals surface area contributed by atoms with Crippen molar-refractivity contribution in [3.8, 4) is 0 Å². The van der Waals surface area contributed by atoms with Crippen LogP contribution in [-0.2, 0) is 0 Å². The summed E-state index contributed by atoms with van der Waals surface area (Å²) < 4.78 is 11.6. The summed E-state index contributed by atoms with van der Waals surface area (Å²) in [6.45, 7) is 0. The molecule has 1 aliphatic rings. The first-order valence-electron chi connectivity index (χ1n) is 16.8. The van der Waals surface area contributed by atoms with Gasteiger partial charge in [0.25, 0.3) is 0 Å². The zero-order valence-corrected chi connectivity index (χ0v) is 26.2. The molecule has 0 aliphatic carbocycles. The monoisotopic (exact) mass is 626 g/mol. The van der Waals surface area contributed by atoms with Crippen LogP contribution in [0.3, 0.4) is 0 Å². The van der Waals surface area contributed by atoms with Gasteiger partial charge in [-0.15, -0.1) is 0 Å². The largest absolute Gasteiger partial charge is 0.456 e. The molecule has 1 atom stereocenters. The number of nitrogens with zero attached hydrogens (tertiary/aromatic N) is 3. The molecule has 0 bridgehead atoms. The van der Waals surface area contributed by atoms with Crippen molar-refractivity contribution in [1.82, 2.24) is 14.3 Å². The van der Waals surface area contributed by atoms with Crippen molar-refractivity contribution in [3.63, 3.8) is 0 Å². The van der Waals surface area contributed by atoms with E-state index in [0.717, 1.165) is 55.7 Å². The molecular formula is C44H26N4O. The van der Waals surface area contributed by atoms with Crippen LogP contribution >= 0.6 is 0 Å². The van der Waals surface area contributed by atoms with Gasteiger partial charge in [-0.2, -0.15) is 0 Å². The van der Waals surface area contributed by atoms with Gasteiger partial charge < -0.3 is 14.1 Å². The fourth-order valence-corrected chi connectivity index (χ4v) is 8.75. The number of aliphatic imine (C=N–C) groups is 1. The third-order valence-electron chi connectivity index (χ3n) is 10.7. The average Bonchev–Trinajstić information content (AvgIpc) is 3.78. The predicted octanol–water partition coefficient (Wildman–Crippen LogP) is 11.1. The maximum atomic E-state index is 6.74. The average molecular weight is 627 g/mol. The number of para-hydroxylation sites is 4. The number of furan rings is 1. The molecule has 1 aliphatic heterocycles. The number of hydrogen-bond donors (Lipinski definition) is 1.